The topological polar surface area (TPSA) is 40.1 Å². The average Bonchev–Trinajstić information content (AvgIpc) is 2.93. The molecule has 0 saturated heterocycles. The van der Waals surface area contributed by atoms with Crippen molar-refractivity contribution in [2.45, 2.75) is 95.8 Å². The Kier molecular flexibility index (Phi) is 12.5. The fourth-order valence-electron chi connectivity index (χ4n) is 3.63. The maximum absolute atomic E-state index is 14.0. The first-order valence-electron chi connectivity index (χ1n) is 12.4. The van der Waals surface area contributed by atoms with Gasteiger partial charge in [0.15, 0.2) is 6.17 Å². The molecule has 324 valence electrons. The second-order valence-electron chi connectivity index (χ2n) is 11.5. The van der Waals surface area contributed by atoms with Gasteiger partial charge in [-0.25, -0.2) is 4.39 Å². The molecule has 0 aromatic rings. The molecule has 0 spiro atoms. The molecule has 0 aromatic carbocycles. The predicted octanol–water partition coefficient (Wildman–Crippen LogP) is 8.36. The Morgan fingerprint density at radius 1 is 0.426 bits per heavy atom. The number of rotatable bonds is 18. The lowest BCUT2D eigenvalue weighted by molar-refractivity contribution is -0.885. The summed E-state index contributed by atoms with van der Waals surface area (Å²) in [4.78, 5) is 10.5. The van der Waals surface area contributed by atoms with Crippen molar-refractivity contribution < 1.29 is 146 Å². The minimum atomic E-state index is -10.0. The van der Waals surface area contributed by atoms with Gasteiger partial charge >= 0.3 is 83.2 Å². The van der Waals surface area contributed by atoms with Crippen molar-refractivity contribution in [2.75, 3.05) is 27.2 Å². The predicted molar refractivity (Wildman–Crippen MR) is 107 cm³/mol. The third-order valence-corrected chi connectivity index (χ3v) is 7.05. The van der Waals surface area contributed by atoms with Crippen molar-refractivity contribution in [1.82, 2.24) is 0 Å². The Hall–Kier alpha value is -2.67. The summed E-state index contributed by atoms with van der Waals surface area (Å²) < 4.78 is 406. The van der Waals surface area contributed by atoms with Gasteiger partial charge in [-0.15, -0.1) is 0 Å². The first kappa shape index (κ1) is 51.3. The van der Waals surface area contributed by atoms with Crippen LogP contribution in [0.3, 0.4) is 0 Å². The Morgan fingerprint density at radius 2 is 0.630 bits per heavy atom. The van der Waals surface area contributed by atoms with Crippen molar-refractivity contribution in [3.8, 4) is 0 Å². The van der Waals surface area contributed by atoms with Crippen molar-refractivity contribution >= 4 is 5.97 Å². The number of hydrogen-bond acceptors (Lipinski definition) is 2. The highest BCUT2D eigenvalue weighted by atomic mass is 19.4. The van der Waals surface area contributed by atoms with E-state index in [-0.39, 0.29) is 0 Å². The van der Waals surface area contributed by atoms with Crippen LogP contribution in [0, 0.1) is 0 Å². The van der Waals surface area contributed by atoms with E-state index >= 15 is 0 Å². The van der Waals surface area contributed by atoms with Gasteiger partial charge < -0.3 is 14.4 Å². The maximum atomic E-state index is 14.0. The molecule has 0 radical (unpaired) electrons. The third kappa shape index (κ3) is 6.68. The molecule has 33 heteroatoms. The molecule has 0 bridgehead atoms. The maximum Gasteiger partial charge on any atom is 0.460 e. The van der Waals surface area contributed by atoms with E-state index in [9.17, 15) is 142 Å². The monoisotopic (exact) mass is 881 g/mol. The summed E-state index contributed by atoms with van der Waals surface area (Å²) in [6.07, 6.45) is -15.9. The number of halogens is 30. The van der Waals surface area contributed by atoms with E-state index in [1.54, 1.807) is 0 Å². The molecule has 0 fully saturated rings. The van der Waals surface area contributed by atoms with Crippen molar-refractivity contribution in [3.63, 3.8) is 0 Å². The van der Waals surface area contributed by atoms with Gasteiger partial charge in [-0.2, -0.15) is 127 Å². The van der Waals surface area contributed by atoms with Crippen LogP contribution < -0.4 is 5.11 Å². The van der Waals surface area contributed by atoms with Gasteiger partial charge in [0.05, 0.1) is 26.6 Å². The first-order valence-corrected chi connectivity index (χ1v) is 12.4. The third-order valence-electron chi connectivity index (χ3n) is 7.05. The van der Waals surface area contributed by atoms with Crippen LogP contribution in [0.1, 0.15) is 6.42 Å². The Labute approximate surface area is 276 Å². The molecular weight excluding hydrogens is 868 g/mol. The number of quaternary nitrogens is 1. The zero-order valence-electron chi connectivity index (χ0n) is 24.8. The number of hydrogen-bond donors (Lipinski definition) is 0. The smallest absolute Gasteiger partial charge is 0.460 e. The summed E-state index contributed by atoms with van der Waals surface area (Å²) >= 11 is 0. The largest absolute Gasteiger partial charge is 0.544 e. The standard InChI is InChI=1S/C21H13F30NO2/c1-52(2,5-7(53)54)4-3-6(22)8(23,24)9(25,26)10(27,28)11(29,30)12(31,32)13(33,34)14(35,36)15(37,38)16(39,40)17(41,42)18(43,44)19(45,46)20(47,48)21(49,50)51/h6H,3-5H2,1-2H3. The molecule has 0 rings (SSSR count). The molecule has 1 unspecified atom stereocenters. The Balaban J connectivity index is 7.40. The fourth-order valence-corrected chi connectivity index (χ4v) is 3.63. The molecule has 0 N–H and O–H groups in total. The van der Waals surface area contributed by atoms with Crippen LogP contribution in [0.2, 0.25) is 0 Å². The van der Waals surface area contributed by atoms with E-state index in [1.165, 1.54) is 0 Å². The van der Waals surface area contributed by atoms with Crippen molar-refractivity contribution in [1.29, 1.82) is 0 Å². The summed E-state index contributed by atoms with van der Waals surface area (Å²) in [5, 5.41) is 10.5. The second-order valence-corrected chi connectivity index (χ2v) is 11.5. The summed E-state index contributed by atoms with van der Waals surface area (Å²) in [7, 11) is 1.15. The van der Waals surface area contributed by atoms with Crippen LogP contribution in [-0.2, 0) is 4.79 Å². The van der Waals surface area contributed by atoms with Gasteiger partial charge in [-0.1, -0.05) is 0 Å². The van der Waals surface area contributed by atoms with Crippen LogP contribution in [0.5, 0.6) is 0 Å². The molecule has 0 aliphatic heterocycles. The van der Waals surface area contributed by atoms with E-state index in [1.807, 2.05) is 0 Å². The van der Waals surface area contributed by atoms with Crippen LogP contribution in [0.15, 0.2) is 0 Å². The van der Waals surface area contributed by atoms with E-state index in [2.05, 4.69) is 0 Å². The number of carbonyl (C=O) groups excluding carboxylic acids is 1. The number of carbonyl (C=O) groups is 1. The lowest BCUT2D eigenvalue weighted by atomic mass is 9.83. The molecule has 0 aliphatic carbocycles. The summed E-state index contributed by atoms with van der Waals surface area (Å²) in [5.74, 6) is -125. The van der Waals surface area contributed by atoms with E-state index in [0.29, 0.717) is 14.1 Å². The van der Waals surface area contributed by atoms with Gasteiger partial charge in [0.1, 0.15) is 6.54 Å². The Bertz CT molecular complexity index is 1360. The van der Waals surface area contributed by atoms with Gasteiger partial charge in [-0.3, -0.25) is 0 Å². The highest BCUT2D eigenvalue weighted by molar-refractivity contribution is 5.65. The van der Waals surface area contributed by atoms with Gasteiger partial charge in [0.25, 0.3) is 0 Å². The van der Waals surface area contributed by atoms with Crippen molar-refractivity contribution in [3.05, 3.63) is 0 Å². The lowest BCUT2D eigenvalue weighted by Gasteiger charge is -2.46. The Morgan fingerprint density at radius 3 is 0.833 bits per heavy atom. The van der Waals surface area contributed by atoms with Crippen LogP contribution in [0.25, 0.3) is 0 Å². The van der Waals surface area contributed by atoms with Gasteiger partial charge in [0, 0.05) is 6.42 Å². The number of nitrogens with zero attached hydrogens (tertiary/aromatic N) is 1. The average molecular weight is 881 g/mol. The van der Waals surface area contributed by atoms with Gasteiger partial charge in [0.2, 0.25) is 0 Å². The quantitative estimate of drug-likeness (QED) is 0.103. The van der Waals surface area contributed by atoms with E-state index in [0.717, 1.165) is 0 Å². The molecule has 54 heavy (non-hydrogen) atoms. The summed E-state index contributed by atoms with van der Waals surface area (Å²) in [5.41, 5.74) is 0. The molecule has 0 saturated carbocycles. The van der Waals surface area contributed by atoms with E-state index < -0.39 is 119 Å². The van der Waals surface area contributed by atoms with Crippen LogP contribution in [0.4, 0.5) is 132 Å². The summed E-state index contributed by atoms with van der Waals surface area (Å²) in [6.45, 7) is -2.98. The molecule has 0 aliphatic rings. The molecule has 1 atom stereocenters. The van der Waals surface area contributed by atoms with E-state index in [4.69, 9.17) is 0 Å². The van der Waals surface area contributed by atoms with Gasteiger partial charge in [-0.05, 0) is 0 Å². The number of carboxylic acid groups (broad SMARTS) is 1. The van der Waals surface area contributed by atoms with Crippen molar-refractivity contribution in [2.24, 2.45) is 0 Å². The number of carboxylic acids is 1. The molecule has 0 amide bonds. The number of aliphatic carboxylic acids is 1. The molecule has 0 aromatic heterocycles. The highest BCUT2D eigenvalue weighted by Crippen LogP contribution is 2.69. The fraction of sp³-hybridized carbons (Fsp3) is 0.952. The van der Waals surface area contributed by atoms with Crippen LogP contribution in [-0.4, -0.2) is 127 Å². The zero-order valence-corrected chi connectivity index (χ0v) is 24.8. The summed E-state index contributed by atoms with van der Waals surface area (Å²) in [6, 6.07) is 0. The SMILES string of the molecule is C[N+](C)(CCC(F)C(F)(F)C(F)(F)C(F)(F)C(F)(F)C(F)(F)C(F)(F)C(F)(F)C(F)(F)C(F)(F)C(F)(F)C(F)(F)C(F)(F)C(F)(F)C(F)(F)F)CC(=O)[O-]. The molecular formula is C21H13F30NO2. The number of likely N-dealkylation sites (N-methyl/N-ethyl adjacent to an activating group) is 1. The normalized spacial score (nSPS) is 17.2. The minimum absolute atomic E-state index is 0.573. The number of alkyl halides is 30. The molecule has 3 nitrogen and oxygen atoms in total. The molecule has 0 heterocycles. The zero-order chi connectivity index (χ0) is 44.8. The minimum Gasteiger partial charge on any atom is -0.544 e. The first-order chi connectivity index (χ1) is 22.8. The highest BCUT2D eigenvalue weighted by Gasteiger charge is 3.01. The second kappa shape index (κ2) is 13.2. The lowest BCUT2D eigenvalue weighted by Crippen LogP contribution is -2.79. The van der Waals surface area contributed by atoms with Crippen LogP contribution >= 0.6 is 0 Å².